The lowest BCUT2D eigenvalue weighted by Crippen LogP contribution is -2.66. The molecule has 10 unspecified atom stereocenters. The van der Waals surface area contributed by atoms with Crippen LogP contribution in [0.1, 0.15) is 40.3 Å². The Morgan fingerprint density at radius 1 is 0.344 bits per heavy atom. The molecule has 1 N–H and O–H groups in total. The van der Waals surface area contributed by atoms with E-state index in [1.54, 1.807) is 0 Å². The highest BCUT2D eigenvalue weighted by atomic mass is 16.8. The Hall–Kier alpha value is -5.08. The van der Waals surface area contributed by atoms with Crippen LogP contribution in [-0.4, -0.2) is 73.1 Å². The molecule has 0 aliphatic carbocycles. The lowest BCUT2D eigenvalue weighted by atomic mass is 9.96. The smallest absolute Gasteiger partial charge is 0.187 e. The molecule has 64 heavy (non-hydrogen) atoms. The van der Waals surface area contributed by atoms with Gasteiger partial charge < -0.3 is 47.7 Å². The minimum Gasteiger partial charge on any atom is -0.394 e. The van der Waals surface area contributed by atoms with Crippen molar-refractivity contribution in [3.05, 3.63) is 215 Å². The van der Waals surface area contributed by atoms with Crippen molar-refractivity contribution in [2.75, 3.05) is 6.61 Å². The van der Waals surface area contributed by atoms with E-state index in [9.17, 15) is 5.11 Å². The number of aliphatic hydroxyl groups is 1. The molecule has 2 aliphatic rings. The molecule has 2 saturated heterocycles. The van der Waals surface area contributed by atoms with Crippen LogP contribution in [0.5, 0.6) is 0 Å². The third-order valence-electron chi connectivity index (χ3n) is 11.5. The van der Waals surface area contributed by atoms with Crippen LogP contribution in [0.3, 0.4) is 0 Å². The molecule has 0 saturated carbocycles. The molecule has 2 fully saturated rings. The van der Waals surface area contributed by atoms with Crippen LogP contribution in [0, 0.1) is 0 Å². The maximum Gasteiger partial charge on any atom is 0.187 e. The molecule has 8 rings (SSSR count). The molecular weight excluding hydrogens is 809 g/mol. The summed E-state index contributed by atoms with van der Waals surface area (Å²) in [5.41, 5.74) is 5.84. The molecule has 10 heteroatoms. The highest BCUT2D eigenvalue weighted by Gasteiger charge is 2.54. The standard InChI is InChI=1S/C54H58O10/c1-39-47(56-33-40-20-8-2-9-21-40)49(58-35-42-24-12-4-13-25-42)51(59-36-43-26-14-5-15-27-43)54(62-39)64-50-48(57-34-41-22-10-3-11-23-41)46(32-55)63-53(61-38-45-30-18-7-19-31-45)52(50)60-37-44-28-16-6-17-29-44/h2-31,39,46-55H,32-38H2,1H3. The summed E-state index contributed by atoms with van der Waals surface area (Å²) >= 11 is 0. The fourth-order valence-corrected chi connectivity index (χ4v) is 8.11. The topological polar surface area (TPSA) is 103 Å². The Morgan fingerprint density at radius 2 is 0.656 bits per heavy atom. The van der Waals surface area contributed by atoms with Crippen molar-refractivity contribution in [2.45, 2.75) is 108 Å². The van der Waals surface area contributed by atoms with E-state index in [1.165, 1.54) is 0 Å². The molecule has 6 aromatic carbocycles. The minimum absolute atomic E-state index is 0.222. The first-order chi connectivity index (χ1) is 31.6. The summed E-state index contributed by atoms with van der Waals surface area (Å²) in [6, 6.07) is 59.7. The number of rotatable bonds is 21. The zero-order chi connectivity index (χ0) is 43.8. The van der Waals surface area contributed by atoms with E-state index in [0.29, 0.717) is 13.2 Å². The van der Waals surface area contributed by atoms with E-state index in [2.05, 4.69) is 0 Å². The third-order valence-corrected chi connectivity index (χ3v) is 11.5. The summed E-state index contributed by atoms with van der Waals surface area (Å²) in [6.07, 6.45) is -8.02. The van der Waals surface area contributed by atoms with Gasteiger partial charge in [0.2, 0.25) is 0 Å². The monoisotopic (exact) mass is 866 g/mol. The molecule has 2 heterocycles. The maximum absolute atomic E-state index is 11.0. The van der Waals surface area contributed by atoms with Gasteiger partial charge in [-0.3, -0.25) is 0 Å². The molecule has 2 aliphatic heterocycles. The second kappa shape index (κ2) is 23.7. The highest BCUT2D eigenvalue weighted by Crippen LogP contribution is 2.37. The lowest BCUT2D eigenvalue weighted by molar-refractivity contribution is -0.376. The zero-order valence-electron chi connectivity index (χ0n) is 36.2. The summed E-state index contributed by atoms with van der Waals surface area (Å²) < 4.78 is 61.6. The minimum atomic E-state index is -1.03. The quantitative estimate of drug-likeness (QED) is 0.0755. The van der Waals surface area contributed by atoms with Gasteiger partial charge >= 0.3 is 0 Å². The van der Waals surface area contributed by atoms with Crippen LogP contribution in [0.15, 0.2) is 182 Å². The molecule has 0 amide bonds. The summed E-state index contributed by atoms with van der Waals surface area (Å²) in [6.45, 7) is 3.16. The first kappa shape index (κ1) is 45.5. The van der Waals surface area contributed by atoms with Gasteiger partial charge in [0.1, 0.15) is 42.7 Å². The van der Waals surface area contributed by atoms with Crippen molar-refractivity contribution in [1.82, 2.24) is 0 Å². The molecule has 0 aromatic heterocycles. The van der Waals surface area contributed by atoms with Crippen molar-refractivity contribution in [3.8, 4) is 0 Å². The summed E-state index contributed by atoms with van der Waals surface area (Å²) in [7, 11) is 0. The van der Waals surface area contributed by atoms with Crippen molar-refractivity contribution in [1.29, 1.82) is 0 Å². The van der Waals surface area contributed by atoms with Crippen molar-refractivity contribution < 1.29 is 47.7 Å². The first-order valence-corrected chi connectivity index (χ1v) is 22.1. The van der Waals surface area contributed by atoms with Crippen molar-refractivity contribution in [2.24, 2.45) is 0 Å². The van der Waals surface area contributed by atoms with E-state index in [0.717, 1.165) is 33.4 Å². The SMILES string of the molecule is CC1OC(OC2C(OCc3ccccc3)C(CO)OC(OCc3ccccc3)C2OCc2ccccc2)C(OCc2ccccc2)C(OCc2ccccc2)C1OCc1ccccc1. The highest BCUT2D eigenvalue weighted by molar-refractivity contribution is 5.18. The maximum atomic E-state index is 11.0. The average Bonchev–Trinajstić information content (AvgIpc) is 3.35. The van der Waals surface area contributed by atoms with Crippen LogP contribution in [0.2, 0.25) is 0 Å². The van der Waals surface area contributed by atoms with Crippen LogP contribution in [-0.2, 0) is 82.3 Å². The van der Waals surface area contributed by atoms with Crippen molar-refractivity contribution >= 4 is 0 Å². The normalized spacial score (nSPS) is 25.8. The second-order valence-corrected chi connectivity index (χ2v) is 16.1. The number of benzene rings is 6. The predicted molar refractivity (Wildman–Crippen MR) is 241 cm³/mol. The van der Waals surface area contributed by atoms with Gasteiger partial charge in [0, 0.05) is 0 Å². The van der Waals surface area contributed by atoms with E-state index in [4.69, 9.17) is 42.6 Å². The molecule has 334 valence electrons. The number of aliphatic hydroxyl groups excluding tert-OH is 1. The number of ether oxygens (including phenoxy) is 9. The number of hydrogen-bond acceptors (Lipinski definition) is 10. The van der Waals surface area contributed by atoms with Gasteiger partial charge in [-0.2, -0.15) is 0 Å². The lowest BCUT2D eigenvalue weighted by Gasteiger charge is -2.50. The fourth-order valence-electron chi connectivity index (χ4n) is 8.11. The summed E-state index contributed by atoms with van der Waals surface area (Å²) in [5, 5.41) is 11.0. The van der Waals surface area contributed by atoms with Gasteiger partial charge in [-0.15, -0.1) is 0 Å². The summed E-state index contributed by atoms with van der Waals surface area (Å²) in [4.78, 5) is 0. The van der Waals surface area contributed by atoms with Gasteiger partial charge in [-0.05, 0) is 40.3 Å². The predicted octanol–water partition coefficient (Wildman–Crippen LogP) is 8.98. The molecule has 10 nitrogen and oxygen atoms in total. The summed E-state index contributed by atoms with van der Waals surface area (Å²) in [5.74, 6) is 0. The van der Waals surface area contributed by atoms with Gasteiger partial charge in [-0.1, -0.05) is 182 Å². The van der Waals surface area contributed by atoms with Crippen LogP contribution in [0.25, 0.3) is 0 Å². The Bertz CT molecular complexity index is 2190. The Kier molecular flexibility index (Phi) is 16.9. The van der Waals surface area contributed by atoms with Crippen LogP contribution >= 0.6 is 0 Å². The Balaban J connectivity index is 1.16. The zero-order valence-corrected chi connectivity index (χ0v) is 36.2. The van der Waals surface area contributed by atoms with Gasteiger partial charge in [-0.25, -0.2) is 0 Å². The van der Waals surface area contributed by atoms with Gasteiger partial charge in [0.05, 0.1) is 52.4 Å². The Labute approximate surface area is 376 Å². The average molecular weight is 867 g/mol. The Morgan fingerprint density at radius 3 is 1.03 bits per heavy atom. The van der Waals surface area contributed by atoms with Gasteiger partial charge in [0.15, 0.2) is 12.6 Å². The largest absolute Gasteiger partial charge is 0.394 e. The van der Waals surface area contributed by atoms with Gasteiger partial charge in [0.25, 0.3) is 0 Å². The number of hydrogen-bond donors (Lipinski definition) is 1. The van der Waals surface area contributed by atoms with Crippen LogP contribution in [0.4, 0.5) is 0 Å². The fraction of sp³-hybridized carbons (Fsp3) is 0.333. The van der Waals surface area contributed by atoms with E-state index in [-0.39, 0.29) is 33.0 Å². The van der Waals surface area contributed by atoms with E-state index < -0.39 is 61.4 Å². The molecule has 0 bridgehead atoms. The molecule has 0 radical (unpaired) electrons. The van der Waals surface area contributed by atoms with Crippen LogP contribution < -0.4 is 0 Å². The molecule has 6 aromatic rings. The molecule has 10 atom stereocenters. The first-order valence-electron chi connectivity index (χ1n) is 22.1. The van der Waals surface area contributed by atoms with E-state index >= 15 is 0 Å². The molecular formula is C54H58O10. The third kappa shape index (κ3) is 12.6. The second-order valence-electron chi connectivity index (χ2n) is 16.1. The van der Waals surface area contributed by atoms with E-state index in [1.807, 2.05) is 189 Å². The van der Waals surface area contributed by atoms with Crippen molar-refractivity contribution in [3.63, 3.8) is 0 Å². The molecule has 0 spiro atoms.